The van der Waals surface area contributed by atoms with Crippen LogP contribution in [0.1, 0.15) is 45.4 Å². The van der Waals surface area contributed by atoms with Gasteiger partial charge in [-0.25, -0.2) is 18.1 Å². The fourth-order valence-electron chi connectivity index (χ4n) is 2.00. The second-order valence-electron chi connectivity index (χ2n) is 4.95. The zero-order chi connectivity index (χ0) is 13.2. The molecule has 0 aliphatic heterocycles. The third kappa shape index (κ3) is 3.32. The van der Waals surface area contributed by atoms with Gasteiger partial charge in [0.05, 0.1) is 6.20 Å². The molecule has 2 N–H and O–H groups in total. The van der Waals surface area contributed by atoms with Gasteiger partial charge in [0.25, 0.3) is 10.0 Å². The van der Waals surface area contributed by atoms with Crippen LogP contribution in [0.5, 0.6) is 0 Å². The van der Waals surface area contributed by atoms with E-state index in [9.17, 15) is 8.42 Å². The molecule has 1 aromatic rings. The molecule has 0 saturated heterocycles. The second kappa shape index (κ2) is 5.40. The molecule has 0 spiro atoms. The fraction of sp³-hybridized carbons (Fsp3) is 0.750. The summed E-state index contributed by atoms with van der Waals surface area (Å²) in [5.74, 6) is 1.41. The monoisotopic (exact) mass is 271 g/mol. The third-order valence-electron chi connectivity index (χ3n) is 3.36. The van der Waals surface area contributed by atoms with Crippen molar-refractivity contribution in [2.75, 3.05) is 0 Å². The van der Waals surface area contributed by atoms with Crippen LogP contribution in [0.25, 0.3) is 0 Å². The first-order valence-electron chi connectivity index (χ1n) is 6.61. The van der Waals surface area contributed by atoms with Crippen molar-refractivity contribution in [2.24, 2.45) is 5.92 Å². The molecule has 0 bridgehead atoms. The lowest BCUT2D eigenvalue weighted by atomic mass is 10.1. The van der Waals surface area contributed by atoms with Crippen LogP contribution in [0, 0.1) is 5.92 Å². The predicted octanol–water partition coefficient (Wildman–Crippen LogP) is 1.83. The van der Waals surface area contributed by atoms with Crippen molar-refractivity contribution in [3.63, 3.8) is 0 Å². The Bertz CT molecular complexity index is 491. The molecule has 1 unspecified atom stereocenters. The molecule has 0 amide bonds. The molecule has 5 nitrogen and oxygen atoms in total. The molecular weight excluding hydrogens is 250 g/mol. The molecule has 1 aliphatic carbocycles. The first-order valence-corrected chi connectivity index (χ1v) is 8.09. The Labute approximate surface area is 108 Å². The smallest absolute Gasteiger partial charge is 0.257 e. The van der Waals surface area contributed by atoms with Crippen molar-refractivity contribution in [3.05, 3.63) is 12.0 Å². The average Bonchev–Trinajstić information content (AvgIpc) is 3.01. The summed E-state index contributed by atoms with van der Waals surface area (Å²) >= 11 is 0. The van der Waals surface area contributed by atoms with Gasteiger partial charge >= 0.3 is 0 Å². The molecule has 1 aromatic heterocycles. The number of nitrogens with one attached hydrogen (secondary N) is 2. The van der Waals surface area contributed by atoms with Crippen LogP contribution in [-0.4, -0.2) is 24.4 Å². The van der Waals surface area contributed by atoms with Crippen LogP contribution in [0.3, 0.4) is 0 Å². The fourth-order valence-corrected chi connectivity index (χ4v) is 3.27. The highest BCUT2D eigenvalue weighted by molar-refractivity contribution is 7.89. The number of hydrogen-bond acceptors (Lipinski definition) is 3. The van der Waals surface area contributed by atoms with Crippen LogP contribution in [0.2, 0.25) is 0 Å². The molecule has 1 saturated carbocycles. The van der Waals surface area contributed by atoms with Gasteiger partial charge in [-0.05, 0) is 18.8 Å². The van der Waals surface area contributed by atoms with Crippen molar-refractivity contribution in [3.8, 4) is 0 Å². The zero-order valence-corrected chi connectivity index (χ0v) is 11.8. The van der Waals surface area contributed by atoms with E-state index in [0.29, 0.717) is 18.2 Å². The van der Waals surface area contributed by atoms with Gasteiger partial charge in [-0.1, -0.05) is 26.7 Å². The van der Waals surface area contributed by atoms with Crippen LogP contribution < -0.4 is 4.72 Å². The lowest BCUT2D eigenvalue weighted by molar-refractivity contribution is 0.494. The van der Waals surface area contributed by atoms with Crippen molar-refractivity contribution in [1.29, 1.82) is 0 Å². The SMILES string of the molecule is CCc1ncc(S(=O)(=O)NC(CC)CC2CC2)[nH]1. The minimum Gasteiger partial charge on any atom is -0.332 e. The molecule has 1 fully saturated rings. The van der Waals surface area contributed by atoms with Gasteiger partial charge in [0.15, 0.2) is 5.03 Å². The largest absolute Gasteiger partial charge is 0.332 e. The van der Waals surface area contributed by atoms with Crippen LogP contribution in [-0.2, 0) is 16.4 Å². The summed E-state index contributed by atoms with van der Waals surface area (Å²) in [5.41, 5.74) is 0. The average molecular weight is 271 g/mol. The van der Waals surface area contributed by atoms with Crippen LogP contribution >= 0.6 is 0 Å². The molecule has 1 atom stereocenters. The number of aromatic amines is 1. The van der Waals surface area contributed by atoms with Gasteiger partial charge in [-0.15, -0.1) is 0 Å². The lowest BCUT2D eigenvalue weighted by Crippen LogP contribution is -2.35. The maximum atomic E-state index is 12.2. The summed E-state index contributed by atoms with van der Waals surface area (Å²) < 4.78 is 27.1. The quantitative estimate of drug-likeness (QED) is 0.794. The molecule has 2 rings (SSSR count). The van der Waals surface area contributed by atoms with Crippen LogP contribution in [0.4, 0.5) is 0 Å². The van der Waals surface area contributed by atoms with E-state index in [1.165, 1.54) is 19.0 Å². The topological polar surface area (TPSA) is 74.8 Å². The van der Waals surface area contributed by atoms with Crippen molar-refractivity contribution < 1.29 is 8.42 Å². The van der Waals surface area contributed by atoms with E-state index in [2.05, 4.69) is 14.7 Å². The van der Waals surface area contributed by atoms with Gasteiger partial charge < -0.3 is 4.98 Å². The minimum atomic E-state index is -3.45. The third-order valence-corrected chi connectivity index (χ3v) is 4.79. The van der Waals surface area contributed by atoms with Crippen molar-refractivity contribution in [2.45, 2.75) is 57.0 Å². The summed E-state index contributed by atoms with van der Waals surface area (Å²) in [5, 5.41) is 0.175. The summed E-state index contributed by atoms with van der Waals surface area (Å²) in [6, 6.07) is 0.0378. The molecule has 6 heteroatoms. The van der Waals surface area contributed by atoms with Gasteiger partial charge in [0, 0.05) is 12.5 Å². The second-order valence-corrected chi connectivity index (χ2v) is 6.64. The summed E-state index contributed by atoms with van der Waals surface area (Å²) in [6.07, 6.45) is 6.35. The predicted molar refractivity (Wildman–Crippen MR) is 69.7 cm³/mol. The highest BCUT2D eigenvalue weighted by Gasteiger charge is 2.28. The van der Waals surface area contributed by atoms with Gasteiger partial charge in [-0.3, -0.25) is 0 Å². The first kappa shape index (κ1) is 13.5. The molecule has 1 aliphatic rings. The maximum absolute atomic E-state index is 12.2. The number of nitrogens with zero attached hydrogens (tertiary/aromatic N) is 1. The number of aryl methyl sites for hydroxylation is 1. The maximum Gasteiger partial charge on any atom is 0.257 e. The van der Waals surface area contributed by atoms with Crippen molar-refractivity contribution >= 4 is 10.0 Å². The van der Waals surface area contributed by atoms with Crippen LogP contribution in [0.15, 0.2) is 11.2 Å². The Kier molecular flexibility index (Phi) is 4.07. The highest BCUT2D eigenvalue weighted by atomic mass is 32.2. The number of rotatable bonds is 7. The first-order chi connectivity index (χ1) is 8.55. The van der Waals surface area contributed by atoms with E-state index >= 15 is 0 Å². The minimum absolute atomic E-state index is 0.0378. The van der Waals surface area contributed by atoms with Crippen molar-refractivity contribution in [1.82, 2.24) is 14.7 Å². The Morgan fingerprint density at radius 1 is 1.50 bits per heavy atom. The number of aromatic nitrogens is 2. The molecular formula is C12H21N3O2S. The number of imidazole rings is 1. The van der Waals surface area contributed by atoms with E-state index in [1.54, 1.807) is 0 Å². The van der Waals surface area contributed by atoms with E-state index < -0.39 is 10.0 Å². The zero-order valence-electron chi connectivity index (χ0n) is 10.9. The molecule has 1 heterocycles. The Morgan fingerprint density at radius 2 is 2.22 bits per heavy atom. The Hall–Kier alpha value is -0.880. The molecule has 0 radical (unpaired) electrons. The number of H-pyrrole nitrogens is 1. The standard InChI is InChI=1S/C12H21N3O2S/c1-3-10(7-9-5-6-9)15-18(16,17)12-8-13-11(4-2)14-12/h8-10,15H,3-7H2,1-2H3,(H,13,14). The normalized spacial score (nSPS) is 17.9. The molecule has 0 aromatic carbocycles. The lowest BCUT2D eigenvalue weighted by Gasteiger charge is -2.15. The summed E-state index contributed by atoms with van der Waals surface area (Å²) in [6.45, 7) is 3.95. The molecule has 18 heavy (non-hydrogen) atoms. The Balaban J connectivity index is 2.04. The van der Waals surface area contributed by atoms with E-state index in [-0.39, 0.29) is 11.1 Å². The van der Waals surface area contributed by atoms with Gasteiger partial charge in [0.2, 0.25) is 0 Å². The Morgan fingerprint density at radius 3 is 2.72 bits per heavy atom. The number of sulfonamides is 1. The molecule has 102 valence electrons. The summed E-state index contributed by atoms with van der Waals surface area (Å²) in [4.78, 5) is 6.87. The van der Waals surface area contributed by atoms with E-state index in [0.717, 1.165) is 12.8 Å². The number of hydrogen-bond donors (Lipinski definition) is 2. The van der Waals surface area contributed by atoms with Gasteiger partial charge in [-0.2, -0.15) is 0 Å². The van der Waals surface area contributed by atoms with E-state index in [1.807, 2.05) is 13.8 Å². The summed E-state index contributed by atoms with van der Waals surface area (Å²) in [7, 11) is -3.45. The van der Waals surface area contributed by atoms with E-state index in [4.69, 9.17) is 0 Å². The van der Waals surface area contributed by atoms with Gasteiger partial charge in [0.1, 0.15) is 5.82 Å². The highest BCUT2D eigenvalue weighted by Crippen LogP contribution is 2.34.